The fourth-order valence-electron chi connectivity index (χ4n) is 3.63. The van der Waals surface area contributed by atoms with Gasteiger partial charge in [-0.1, -0.05) is 51.3 Å². The monoisotopic (exact) mass is 409 g/mol. The minimum Gasteiger partial charge on any atom is -0.488 e. The van der Waals surface area contributed by atoms with Crippen LogP contribution in [0.25, 0.3) is 0 Å². The summed E-state index contributed by atoms with van der Waals surface area (Å²) in [6, 6.07) is 9.17. The summed E-state index contributed by atoms with van der Waals surface area (Å²) < 4.78 is 20.0. The van der Waals surface area contributed by atoms with Gasteiger partial charge in [-0.3, -0.25) is 4.31 Å². The quantitative estimate of drug-likeness (QED) is 0.422. The first-order valence-electron chi connectivity index (χ1n) is 10.8. The highest BCUT2D eigenvalue weighted by Crippen LogP contribution is 2.27. The molecule has 1 aliphatic rings. The molecule has 1 aromatic carbocycles. The molecule has 1 saturated heterocycles. The molecule has 3 unspecified atom stereocenters. The summed E-state index contributed by atoms with van der Waals surface area (Å²) >= 11 is 1.89. The summed E-state index contributed by atoms with van der Waals surface area (Å²) in [6.07, 6.45) is 5.62. The van der Waals surface area contributed by atoms with Crippen LogP contribution in [0.2, 0.25) is 0 Å². The minimum absolute atomic E-state index is 0.0952. The van der Waals surface area contributed by atoms with Gasteiger partial charge in [0.25, 0.3) is 0 Å². The molecule has 1 aliphatic heterocycles. The fraction of sp³-hybridized carbons (Fsp3) is 0.739. The summed E-state index contributed by atoms with van der Waals surface area (Å²) in [4.78, 5) is 0. The lowest BCUT2D eigenvalue weighted by molar-refractivity contribution is -0.0102. The Kier molecular flexibility index (Phi) is 10.7. The van der Waals surface area contributed by atoms with E-state index >= 15 is 0 Å². The normalized spacial score (nSPS) is 18.8. The van der Waals surface area contributed by atoms with Gasteiger partial charge in [0.1, 0.15) is 11.9 Å². The number of nitrogens with zero attached hydrogens (tertiary/aromatic N) is 1. The van der Waals surface area contributed by atoms with Crippen LogP contribution in [0.5, 0.6) is 5.75 Å². The summed E-state index contributed by atoms with van der Waals surface area (Å²) in [5.41, 5.74) is 1.30. The van der Waals surface area contributed by atoms with E-state index in [2.05, 4.69) is 56.4 Å². The van der Waals surface area contributed by atoms with E-state index in [1.807, 2.05) is 11.9 Å². The first-order chi connectivity index (χ1) is 13.6. The average molecular weight is 410 g/mol. The molecule has 28 heavy (non-hydrogen) atoms. The van der Waals surface area contributed by atoms with Crippen LogP contribution in [0.3, 0.4) is 0 Å². The van der Waals surface area contributed by atoms with Crippen molar-refractivity contribution in [3.8, 4) is 5.75 Å². The summed E-state index contributed by atoms with van der Waals surface area (Å²) in [5.74, 6) is 2.54. The zero-order valence-corrected chi connectivity index (χ0v) is 19.2. The summed E-state index contributed by atoms with van der Waals surface area (Å²) in [7, 11) is 3.99. The molecule has 3 atom stereocenters. The third-order valence-electron chi connectivity index (χ3n) is 5.78. The van der Waals surface area contributed by atoms with Gasteiger partial charge in [-0.25, -0.2) is 0 Å². The van der Waals surface area contributed by atoms with Crippen LogP contribution in [-0.2, 0) is 15.2 Å². The Hall–Kier alpha value is -0.750. The van der Waals surface area contributed by atoms with Crippen LogP contribution in [0.4, 0.5) is 0 Å². The molecule has 0 radical (unpaired) electrons. The fourth-order valence-corrected chi connectivity index (χ4v) is 4.59. The van der Waals surface area contributed by atoms with E-state index in [1.54, 1.807) is 7.11 Å². The van der Waals surface area contributed by atoms with Crippen molar-refractivity contribution < 1.29 is 14.2 Å². The first kappa shape index (κ1) is 23.5. The smallest absolute Gasteiger partial charge is 0.125 e. The third kappa shape index (κ3) is 7.58. The SMILES string of the molecule is CCC(C)CC(Oc1cccc(CSN(C)C2CCOCC2)c1)C(CC)OC. The maximum absolute atomic E-state index is 6.43. The Bertz CT molecular complexity index is 546. The van der Waals surface area contributed by atoms with Crippen molar-refractivity contribution in [2.75, 3.05) is 27.4 Å². The van der Waals surface area contributed by atoms with Crippen LogP contribution in [0.15, 0.2) is 24.3 Å². The highest BCUT2D eigenvalue weighted by molar-refractivity contribution is 7.96. The first-order valence-corrected chi connectivity index (χ1v) is 11.7. The van der Waals surface area contributed by atoms with Crippen LogP contribution in [0.1, 0.15) is 58.4 Å². The van der Waals surface area contributed by atoms with E-state index in [9.17, 15) is 0 Å². The Labute approximate surface area is 176 Å². The van der Waals surface area contributed by atoms with Crippen molar-refractivity contribution in [2.24, 2.45) is 5.92 Å². The molecule has 0 saturated carbocycles. The van der Waals surface area contributed by atoms with Gasteiger partial charge >= 0.3 is 0 Å². The third-order valence-corrected chi connectivity index (χ3v) is 6.95. The molecule has 0 bridgehead atoms. The second kappa shape index (κ2) is 12.7. The zero-order chi connectivity index (χ0) is 20.4. The predicted octanol–water partition coefficient (Wildman–Crippen LogP) is 5.55. The van der Waals surface area contributed by atoms with Gasteiger partial charge in [0.2, 0.25) is 0 Å². The van der Waals surface area contributed by atoms with Crippen molar-refractivity contribution in [3.05, 3.63) is 29.8 Å². The molecular formula is C23H39NO3S. The molecule has 0 aromatic heterocycles. The molecule has 1 fully saturated rings. The number of hydrogen-bond acceptors (Lipinski definition) is 5. The molecule has 4 nitrogen and oxygen atoms in total. The minimum atomic E-state index is 0.0952. The Morgan fingerprint density at radius 1 is 1.18 bits per heavy atom. The van der Waals surface area contributed by atoms with Gasteiger partial charge in [0.15, 0.2) is 0 Å². The summed E-state index contributed by atoms with van der Waals surface area (Å²) in [6.45, 7) is 8.46. The van der Waals surface area contributed by atoms with Gasteiger partial charge in [0, 0.05) is 32.1 Å². The number of rotatable bonds is 12. The Balaban J connectivity index is 1.95. The van der Waals surface area contributed by atoms with E-state index in [-0.39, 0.29) is 12.2 Å². The van der Waals surface area contributed by atoms with Crippen molar-refractivity contribution >= 4 is 11.9 Å². The Morgan fingerprint density at radius 3 is 2.57 bits per heavy atom. The number of methoxy groups -OCH3 is 1. The standard InChI is InChI=1S/C23H39NO3S/c1-6-18(3)15-23(22(7-2)25-5)27-21-10-8-9-19(16-21)17-28-24(4)20-11-13-26-14-12-20/h8-10,16,18,20,22-23H,6-7,11-15,17H2,1-5H3. The molecule has 160 valence electrons. The zero-order valence-electron chi connectivity index (χ0n) is 18.4. The summed E-state index contributed by atoms with van der Waals surface area (Å²) in [5, 5.41) is 0. The molecule has 0 amide bonds. The maximum Gasteiger partial charge on any atom is 0.125 e. The second-order valence-electron chi connectivity index (χ2n) is 7.90. The lowest BCUT2D eigenvalue weighted by Crippen LogP contribution is -2.34. The largest absolute Gasteiger partial charge is 0.488 e. The molecule has 1 heterocycles. The average Bonchev–Trinajstić information content (AvgIpc) is 2.73. The van der Waals surface area contributed by atoms with Crippen LogP contribution in [-0.4, -0.2) is 49.9 Å². The van der Waals surface area contributed by atoms with Gasteiger partial charge in [-0.2, -0.15) is 0 Å². The van der Waals surface area contributed by atoms with Crippen LogP contribution < -0.4 is 4.74 Å². The highest BCUT2D eigenvalue weighted by Gasteiger charge is 2.24. The predicted molar refractivity (Wildman–Crippen MR) is 119 cm³/mol. The van der Waals surface area contributed by atoms with Crippen molar-refractivity contribution in [2.45, 2.75) is 76.9 Å². The topological polar surface area (TPSA) is 30.9 Å². The molecular weight excluding hydrogens is 370 g/mol. The van der Waals surface area contributed by atoms with Gasteiger partial charge in [-0.15, -0.1) is 0 Å². The number of benzene rings is 1. The van der Waals surface area contributed by atoms with Crippen LogP contribution in [0, 0.1) is 5.92 Å². The van der Waals surface area contributed by atoms with Crippen molar-refractivity contribution in [1.82, 2.24) is 4.31 Å². The maximum atomic E-state index is 6.43. The number of ether oxygens (including phenoxy) is 3. The molecule has 0 spiro atoms. The molecule has 2 rings (SSSR count). The van der Waals surface area contributed by atoms with E-state index in [0.29, 0.717) is 12.0 Å². The van der Waals surface area contributed by atoms with Crippen LogP contribution >= 0.6 is 11.9 Å². The van der Waals surface area contributed by atoms with Gasteiger partial charge < -0.3 is 14.2 Å². The van der Waals surface area contributed by atoms with E-state index in [4.69, 9.17) is 14.2 Å². The lowest BCUT2D eigenvalue weighted by atomic mass is 9.96. The molecule has 0 aliphatic carbocycles. The van der Waals surface area contributed by atoms with Crippen molar-refractivity contribution in [1.29, 1.82) is 0 Å². The van der Waals surface area contributed by atoms with Crippen molar-refractivity contribution in [3.63, 3.8) is 0 Å². The van der Waals surface area contributed by atoms with E-state index in [1.165, 1.54) is 5.56 Å². The van der Waals surface area contributed by atoms with Gasteiger partial charge in [0.05, 0.1) is 6.10 Å². The number of hydrogen-bond donors (Lipinski definition) is 0. The van der Waals surface area contributed by atoms with E-state index in [0.717, 1.165) is 56.8 Å². The highest BCUT2D eigenvalue weighted by atomic mass is 32.2. The van der Waals surface area contributed by atoms with Gasteiger partial charge in [-0.05, 0) is 56.3 Å². The second-order valence-corrected chi connectivity index (χ2v) is 9.02. The molecule has 0 N–H and O–H groups in total. The molecule has 1 aromatic rings. The lowest BCUT2D eigenvalue weighted by Gasteiger charge is -2.30. The molecule has 5 heteroatoms. The van der Waals surface area contributed by atoms with E-state index < -0.39 is 0 Å². The Morgan fingerprint density at radius 2 is 1.93 bits per heavy atom.